The van der Waals surface area contributed by atoms with Gasteiger partial charge in [-0.25, -0.2) is 15.1 Å². The maximum absolute atomic E-state index is 12.9. The van der Waals surface area contributed by atoms with E-state index < -0.39 is 47.6 Å². The van der Waals surface area contributed by atoms with Crippen LogP contribution in [0.4, 0.5) is 18.0 Å². The molecule has 12 nitrogen and oxygen atoms in total. The number of aliphatic carboxylic acids is 1. The minimum atomic E-state index is -5.08. The lowest BCUT2D eigenvalue weighted by Gasteiger charge is -2.24. The lowest BCUT2D eigenvalue weighted by Crippen LogP contribution is -2.45. The van der Waals surface area contributed by atoms with Gasteiger partial charge >= 0.3 is 18.2 Å². The summed E-state index contributed by atoms with van der Waals surface area (Å²) in [5.41, 5.74) is 4.09. The van der Waals surface area contributed by atoms with Gasteiger partial charge < -0.3 is 24.8 Å². The molecule has 0 radical (unpaired) electrons. The molecule has 4 rings (SSSR count). The number of alkyl halides is 3. The van der Waals surface area contributed by atoms with Crippen LogP contribution in [0.5, 0.6) is 5.75 Å². The van der Waals surface area contributed by atoms with Crippen molar-refractivity contribution < 1.29 is 52.1 Å². The number of rotatable bonds is 6. The molecule has 3 aromatic rings. The number of pyridine rings is 1. The average molecular weight is 635 g/mol. The Kier molecular flexibility index (Phi) is 10.9. The van der Waals surface area contributed by atoms with Gasteiger partial charge in [0.1, 0.15) is 18.0 Å². The minimum Gasteiger partial charge on any atom is -0.489 e. The number of ether oxygens (including phenoxy) is 2. The van der Waals surface area contributed by atoms with Crippen molar-refractivity contribution in [3.8, 4) is 5.75 Å². The number of aryl methyl sites for hydroxylation is 1. The van der Waals surface area contributed by atoms with E-state index in [9.17, 15) is 27.6 Å². The number of hydrogen-bond acceptors (Lipinski definition) is 8. The smallest absolute Gasteiger partial charge is 0.489 e. The first kappa shape index (κ1) is 34.6. The molecule has 1 aromatic heterocycles. The number of carboxylic acid groups (broad SMARTS) is 1. The SMILES string of the molecule is Cc1cc(COc2ccc(C(=O)N[C@@H]3CN(C(=O)OC(C)(C)C)C[C@H]3C(=O)NO)cc2)c2ccccc2n1.O=C(O)C(F)(F)F. The monoisotopic (exact) mass is 634 g/mol. The highest BCUT2D eigenvalue weighted by molar-refractivity contribution is 5.95. The van der Waals surface area contributed by atoms with Crippen molar-refractivity contribution in [2.75, 3.05) is 13.1 Å². The Balaban J connectivity index is 0.000000707. The van der Waals surface area contributed by atoms with Crippen molar-refractivity contribution in [3.63, 3.8) is 0 Å². The molecule has 0 aliphatic carbocycles. The van der Waals surface area contributed by atoms with Crippen LogP contribution >= 0.6 is 0 Å². The highest BCUT2D eigenvalue weighted by Gasteiger charge is 2.42. The number of carboxylic acids is 1. The number of para-hydroxylation sites is 1. The summed E-state index contributed by atoms with van der Waals surface area (Å²) in [5, 5.41) is 20.1. The van der Waals surface area contributed by atoms with Gasteiger partial charge in [-0.1, -0.05) is 18.2 Å². The summed E-state index contributed by atoms with van der Waals surface area (Å²) in [6.45, 7) is 7.58. The van der Waals surface area contributed by atoms with Gasteiger partial charge in [0, 0.05) is 35.3 Å². The second-order valence-electron chi connectivity index (χ2n) is 11.1. The molecule has 15 heteroatoms. The van der Waals surface area contributed by atoms with Gasteiger partial charge in [-0.05, 0) is 64.1 Å². The normalized spacial score (nSPS) is 16.3. The van der Waals surface area contributed by atoms with E-state index in [0.29, 0.717) is 17.9 Å². The molecule has 0 unspecified atom stereocenters. The number of halogens is 3. The van der Waals surface area contributed by atoms with Gasteiger partial charge in [-0.15, -0.1) is 0 Å². The van der Waals surface area contributed by atoms with Crippen molar-refractivity contribution in [3.05, 3.63) is 71.4 Å². The van der Waals surface area contributed by atoms with Crippen LogP contribution in [0.3, 0.4) is 0 Å². The van der Waals surface area contributed by atoms with Crippen LogP contribution < -0.4 is 15.5 Å². The Morgan fingerprint density at radius 3 is 2.22 bits per heavy atom. The number of aromatic nitrogens is 1. The Bertz CT molecular complexity index is 1540. The van der Waals surface area contributed by atoms with E-state index in [1.165, 1.54) is 4.90 Å². The molecule has 0 saturated carbocycles. The second kappa shape index (κ2) is 14.2. The van der Waals surface area contributed by atoms with Crippen LogP contribution in [0, 0.1) is 12.8 Å². The highest BCUT2D eigenvalue weighted by Crippen LogP contribution is 2.23. The number of nitrogens with zero attached hydrogens (tertiary/aromatic N) is 2. The third-order valence-corrected chi connectivity index (χ3v) is 6.42. The molecule has 45 heavy (non-hydrogen) atoms. The van der Waals surface area contributed by atoms with Gasteiger partial charge in [0.25, 0.3) is 5.91 Å². The number of benzene rings is 2. The number of carbonyl (C=O) groups excluding carboxylic acids is 3. The fraction of sp³-hybridized carbons (Fsp3) is 0.367. The lowest BCUT2D eigenvalue weighted by atomic mass is 10.0. The van der Waals surface area contributed by atoms with Gasteiger partial charge in [0.2, 0.25) is 5.91 Å². The van der Waals surface area contributed by atoms with Crippen LogP contribution in [-0.2, 0) is 20.9 Å². The van der Waals surface area contributed by atoms with Gasteiger partial charge in [0.15, 0.2) is 0 Å². The van der Waals surface area contributed by atoms with Crippen LogP contribution in [-0.4, -0.2) is 75.0 Å². The number of carbonyl (C=O) groups is 4. The maximum Gasteiger partial charge on any atom is 0.490 e. The zero-order chi connectivity index (χ0) is 33.5. The zero-order valence-corrected chi connectivity index (χ0v) is 24.8. The van der Waals surface area contributed by atoms with Crippen LogP contribution in [0.15, 0.2) is 54.6 Å². The predicted octanol–water partition coefficient (Wildman–Crippen LogP) is 4.23. The largest absolute Gasteiger partial charge is 0.490 e. The summed E-state index contributed by atoms with van der Waals surface area (Å²) in [7, 11) is 0. The molecule has 4 N–H and O–H groups in total. The molecule has 1 aliphatic rings. The molecule has 1 fully saturated rings. The molecular formula is C30H33F3N4O8. The van der Waals surface area contributed by atoms with Crippen molar-refractivity contribution in [1.29, 1.82) is 0 Å². The molecule has 0 bridgehead atoms. The van der Waals surface area contributed by atoms with E-state index >= 15 is 0 Å². The number of amides is 3. The van der Waals surface area contributed by atoms with E-state index in [0.717, 1.165) is 22.2 Å². The van der Waals surface area contributed by atoms with E-state index in [1.54, 1.807) is 50.5 Å². The quantitative estimate of drug-likeness (QED) is 0.229. The van der Waals surface area contributed by atoms with E-state index in [-0.39, 0.29) is 13.1 Å². The summed E-state index contributed by atoms with van der Waals surface area (Å²) in [6, 6.07) is 15.8. The fourth-order valence-corrected chi connectivity index (χ4v) is 4.40. The lowest BCUT2D eigenvalue weighted by molar-refractivity contribution is -0.192. The fourth-order valence-electron chi connectivity index (χ4n) is 4.40. The number of hydroxylamine groups is 1. The molecule has 2 heterocycles. The third kappa shape index (κ3) is 9.79. The molecule has 242 valence electrons. The van der Waals surface area contributed by atoms with E-state index in [2.05, 4.69) is 10.3 Å². The maximum atomic E-state index is 12.9. The first-order valence-electron chi connectivity index (χ1n) is 13.6. The number of fused-ring (bicyclic) bond motifs is 1. The molecular weight excluding hydrogens is 601 g/mol. The van der Waals surface area contributed by atoms with Crippen LogP contribution in [0.1, 0.15) is 42.4 Å². The summed E-state index contributed by atoms with van der Waals surface area (Å²) in [4.78, 5) is 52.4. The van der Waals surface area contributed by atoms with Crippen molar-refractivity contribution in [1.82, 2.24) is 20.7 Å². The molecule has 3 amide bonds. The minimum absolute atomic E-state index is 0.00218. The zero-order valence-electron chi connectivity index (χ0n) is 24.8. The number of likely N-dealkylation sites (tertiary alicyclic amines) is 1. The summed E-state index contributed by atoms with van der Waals surface area (Å²) in [5.74, 6) is -4.11. The first-order chi connectivity index (χ1) is 21.0. The first-order valence-corrected chi connectivity index (χ1v) is 13.6. The van der Waals surface area contributed by atoms with Crippen molar-refractivity contribution in [2.45, 2.75) is 52.1 Å². The highest BCUT2D eigenvalue weighted by atomic mass is 19.4. The molecule has 1 saturated heterocycles. The number of nitrogens with one attached hydrogen (secondary N) is 2. The molecule has 2 atom stereocenters. The molecule has 0 spiro atoms. The Morgan fingerprint density at radius 1 is 1.02 bits per heavy atom. The Morgan fingerprint density at radius 2 is 1.64 bits per heavy atom. The third-order valence-electron chi connectivity index (χ3n) is 6.42. The van der Waals surface area contributed by atoms with Crippen molar-refractivity contribution in [2.24, 2.45) is 5.92 Å². The van der Waals surface area contributed by atoms with E-state index in [4.69, 9.17) is 24.6 Å². The standard InChI is InChI=1S/C28H32N4O6.C2HF3O2/c1-17-13-19(21-7-5-6-8-23(21)29-17)16-37-20-11-9-18(10-12-20)25(33)30-24-15-32(14-22(24)26(34)31-36)27(35)38-28(2,3)4;3-2(4,5)1(6)7/h5-13,22,24,36H,14-16H2,1-4H3,(H,30,33)(H,31,34);(H,6,7)/t22-,24-;/m1./s1. The van der Waals surface area contributed by atoms with Gasteiger partial charge in [-0.2, -0.15) is 13.2 Å². The summed E-state index contributed by atoms with van der Waals surface area (Å²) >= 11 is 0. The van der Waals surface area contributed by atoms with Gasteiger partial charge in [0.05, 0.1) is 17.5 Å². The van der Waals surface area contributed by atoms with Crippen LogP contribution in [0.25, 0.3) is 10.9 Å². The Labute approximate surface area is 256 Å². The predicted molar refractivity (Wildman–Crippen MR) is 153 cm³/mol. The molecule has 2 aromatic carbocycles. The number of hydrogen-bond donors (Lipinski definition) is 4. The summed E-state index contributed by atoms with van der Waals surface area (Å²) in [6.07, 6.45) is -5.68. The van der Waals surface area contributed by atoms with Gasteiger partial charge in [-0.3, -0.25) is 19.8 Å². The molecule has 1 aliphatic heterocycles. The summed E-state index contributed by atoms with van der Waals surface area (Å²) < 4.78 is 43.1. The Hall–Kier alpha value is -4.92. The average Bonchev–Trinajstić information content (AvgIpc) is 3.38. The van der Waals surface area contributed by atoms with Crippen molar-refractivity contribution >= 4 is 34.8 Å². The van der Waals surface area contributed by atoms with Crippen LogP contribution in [0.2, 0.25) is 0 Å². The van der Waals surface area contributed by atoms with E-state index in [1.807, 2.05) is 37.3 Å². The second-order valence-corrected chi connectivity index (χ2v) is 11.1. The topological polar surface area (TPSA) is 167 Å².